The molecule has 0 saturated carbocycles. The van der Waals surface area contributed by atoms with Crippen LogP contribution in [0.4, 0.5) is 4.39 Å². The van der Waals surface area contributed by atoms with E-state index < -0.39 is 5.82 Å². The SMILES string of the molecule is CC(C)c1ccc(C(Cc2ccc(F)c(Cl)c2)NN)cc1. The summed E-state index contributed by atoms with van der Waals surface area (Å²) in [6.45, 7) is 4.32. The summed E-state index contributed by atoms with van der Waals surface area (Å²) in [7, 11) is 0. The van der Waals surface area contributed by atoms with Gasteiger partial charge >= 0.3 is 0 Å². The Labute approximate surface area is 130 Å². The van der Waals surface area contributed by atoms with Gasteiger partial charge in [-0.1, -0.05) is 55.8 Å². The third kappa shape index (κ3) is 4.03. The molecule has 0 aliphatic rings. The monoisotopic (exact) mass is 306 g/mol. The summed E-state index contributed by atoms with van der Waals surface area (Å²) >= 11 is 5.82. The third-order valence-corrected chi connectivity index (χ3v) is 3.92. The van der Waals surface area contributed by atoms with Crippen LogP contribution in [-0.2, 0) is 6.42 Å². The molecule has 3 N–H and O–H groups in total. The minimum Gasteiger partial charge on any atom is -0.271 e. The summed E-state index contributed by atoms with van der Waals surface area (Å²) in [5, 5.41) is 0.137. The van der Waals surface area contributed by atoms with E-state index in [4.69, 9.17) is 17.4 Å². The van der Waals surface area contributed by atoms with Gasteiger partial charge in [0.1, 0.15) is 5.82 Å². The highest BCUT2D eigenvalue weighted by Crippen LogP contribution is 2.23. The van der Waals surface area contributed by atoms with Crippen molar-refractivity contribution >= 4 is 11.6 Å². The van der Waals surface area contributed by atoms with Crippen LogP contribution in [0.5, 0.6) is 0 Å². The van der Waals surface area contributed by atoms with Crippen molar-refractivity contribution in [1.82, 2.24) is 5.43 Å². The second-order valence-electron chi connectivity index (χ2n) is 5.49. The van der Waals surface area contributed by atoms with Crippen LogP contribution in [0.3, 0.4) is 0 Å². The fourth-order valence-electron chi connectivity index (χ4n) is 2.29. The number of benzene rings is 2. The number of nitrogens with two attached hydrogens (primary N) is 1. The second kappa shape index (κ2) is 7.03. The zero-order valence-electron chi connectivity index (χ0n) is 12.2. The van der Waals surface area contributed by atoms with Gasteiger partial charge in [-0.15, -0.1) is 0 Å². The predicted octanol–water partition coefficient (Wildman–Crippen LogP) is 4.35. The molecule has 0 bridgehead atoms. The molecule has 1 atom stereocenters. The van der Waals surface area contributed by atoms with E-state index in [1.54, 1.807) is 12.1 Å². The number of hydrogen-bond acceptors (Lipinski definition) is 2. The highest BCUT2D eigenvalue weighted by molar-refractivity contribution is 6.30. The fraction of sp³-hybridized carbons (Fsp3) is 0.294. The Morgan fingerprint density at radius 1 is 1.10 bits per heavy atom. The first-order chi connectivity index (χ1) is 10.0. The lowest BCUT2D eigenvalue weighted by Crippen LogP contribution is -2.29. The molecule has 0 aliphatic carbocycles. The van der Waals surface area contributed by atoms with E-state index in [1.165, 1.54) is 11.6 Å². The normalized spacial score (nSPS) is 12.7. The number of nitrogens with one attached hydrogen (secondary N) is 1. The first-order valence-electron chi connectivity index (χ1n) is 7.01. The van der Waals surface area contributed by atoms with Crippen LogP contribution in [0, 0.1) is 5.82 Å². The maximum absolute atomic E-state index is 13.2. The lowest BCUT2D eigenvalue weighted by molar-refractivity contribution is 0.550. The van der Waals surface area contributed by atoms with Crippen LogP contribution in [-0.4, -0.2) is 0 Å². The van der Waals surface area contributed by atoms with Crippen molar-refractivity contribution in [3.63, 3.8) is 0 Å². The zero-order chi connectivity index (χ0) is 15.4. The molecule has 0 spiro atoms. The molecule has 2 nitrogen and oxygen atoms in total. The van der Waals surface area contributed by atoms with Gasteiger partial charge in [0.2, 0.25) is 0 Å². The van der Waals surface area contributed by atoms with Crippen LogP contribution < -0.4 is 11.3 Å². The maximum atomic E-state index is 13.2. The van der Waals surface area contributed by atoms with Gasteiger partial charge in [0.25, 0.3) is 0 Å². The van der Waals surface area contributed by atoms with Gasteiger partial charge < -0.3 is 0 Å². The number of hydrazine groups is 1. The summed E-state index contributed by atoms with van der Waals surface area (Å²) in [5.74, 6) is 5.76. The molecule has 2 aromatic rings. The van der Waals surface area contributed by atoms with Gasteiger partial charge in [-0.3, -0.25) is 11.3 Å². The molecule has 0 heterocycles. The smallest absolute Gasteiger partial charge is 0.141 e. The standard InChI is InChI=1S/C17H20ClFN2/c1-11(2)13-4-6-14(7-5-13)17(21-20)10-12-3-8-16(19)15(18)9-12/h3-9,11,17,21H,10,20H2,1-2H3. The molecule has 2 rings (SSSR count). The van der Waals surface area contributed by atoms with E-state index >= 15 is 0 Å². The maximum Gasteiger partial charge on any atom is 0.141 e. The predicted molar refractivity (Wildman–Crippen MR) is 85.7 cm³/mol. The van der Waals surface area contributed by atoms with Crippen molar-refractivity contribution in [3.8, 4) is 0 Å². The highest BCUT2D eigenvalue weighted by Gasteiger charge is 2.12. The molecule has 0 fully saturated rings. The average molecular weight is 307 g/mol. The number of rotatable bonds is 5. The largest absolute Gasteiger partial charge is 0.271 e. The van der Waals surface area contributed by atoms with Crippen molar-refractivity contribution in [3.05, 3.63) is 70.0 Å². The molecule has 0 aromatic heterocycles. The summed E-state index contributed by atoms with van der Waals surface area (Å²) in [5.41, 5.74) is 6.15. The summed E-state index contributed by atoms with van der Waals surface area (Å²) in [4.78, 5) is 0. The summed E-state index contributed by atoms with van der Waals surface area (Å²) in [6, 6.07) is 13.1. The Morgan fingerprint density at radius 2 is 1.71 bits per heavy atom. The van der Waals surface area contributed by atoms with Crippen LogP contribution >= 0.6 is 11.6 Å². The number of hydrogen-bond donors (Lipinski definition) is 2. The lowest BCUT2D eigenvalue weighted by Gasteiger charge is -2.17. The molecular formula is C17H20ClFN2. The zero-order valence-corrected chi connectivity index (χ0v) is 13.0. The van der Waals surface area contributed by atoms with E-state index in [9.17, 15) is 4.39 Å². The van der Waals surface area contributed by atoms with Crippen molar-refractivity contribution in [2.45, 2.75) is 32.2 Å². The Balaban J connectivity index is 2.17. The molecule has 0 aliphatic heterocycles. The van der Waals surface area contributed by atoms with Gasteiger partial charge in [-0.05, 0) is 41.2 Å². The van der Waals surface area contributed by atoms with Gasteiger partial charge in [0.15, 0.2) is 0 Å². The van der Waals surface area contributed by atoms with Crippen molar-refractivity contribution < 1.29 is 4.39 Å². The first-order valence-corrected chi connectivity index (χ1v) is 7.39. The Hall–Kier alpha value is -1.42. The minimum absolute atomic E-state index is 0.0345. The van der Waals surface area contributed by atoms with Gasteiger partial charge in [0, 0.05) is 6.04 Å². The molecule has 112 valence electrons. The van der Waals surface area contributed by atoms with Gasteiger partial charge in [-0.2, -0.15) is 0 Å². The van der Waals surface area contributed by atoms with E-state index in [2.05, 4.69) is 43.5 Å². The van der Waals surface area contributed by atoms with Crippen LogP contribution in [0.2, 0.25) is 5.02 Å². The molecule has 1 unspecified atom stereocenters. The first kappa shape index (κ1) is 16.0. The molecule has 0 amide bonds. The molecule has 0 saturated heterocycles. The molecule has 0 radical (unpaired) electrons. The Bertz CT molecular complexity index is 596. The fourth-order valence-corrected chi connectivity index (χ4v) is 2.49. The average Bonchev–Trinajstić information content (AvgIpc) is 2.48. The highest BCUT2D eigenvalue weighted by atomic mass is 35.5. The van der Waals surface area contributed by atoms with Crippen molar-refractivity contribution in [2.24, 2.45) is 5.84 Å². The van der Waals surface area contributed by atoms with Crippen LogP contribution in [0.25, 0.3) is 0 Å². The van der Waals surface area contributed by atoms with Crippen molar-refractivity contribution in [2.75, 3.05) is 0 Å². The van der Waals surface area contributed by atoms with E-state index in [-0.39, 0.29) is 11.1 Å². The van der Waals surface area contributed by atoms with E-state index in [0.717, 1.165) is 11.1 Å². The van der Waals surface area contributed by atoms with Gasteiger partial charge in [0.05, 0.1) is 5.02 Å². The summed E-state index contributed by atoms with van der Waals surface area (Å²) < 4.78 is 13.2. The van der Waals surface area contributed by atoms with Crippen LogP contribution in [0.15, 0.2) is 42.5 Å². The van der Waals surface area contributed by atoms with E-state index in [0.29, 0.717) is 12.3 Å². The number of halogens is 2. The van der Waals surface area contributed by atoms with E-state index in [1.807, 2.05) is 0 Å². The topological polar surface area (TPSA) is 38.0 Å². The molecule has 21 heavy (non-hydrogen) atoms. The second-order valence-corrected chi connectivity index (χ2v) is 5.90. The Kier molecular flexibility index (Phi) is 5.34. The Morgan fingerprint density at radius 3 is 2.24 bits per heavy atom. The third-order valence-electron chi connectivity index (χ3n) is 3.63. The molecule has 2 aromatic carbocycles. The van der Waals surface area contributed by atoms with Gasteiger partial charge in [-0.25, -0.2) is 4.39 Å². The summed E-state index contributed by atoms with van der Waals surface area (Å²) in [6.07, 6.45) is 0.650. The lowest BCUT2D eigenvalue weighted by atomic mass is 9.96. The van der Waals surface area contributed by atoms with Crippen molar-refractivity contribution in [1.29, 1.82) is 0 Å². The minimum atomic E-state index is -0.404. The molecular weight excluding hydrogens is 287 g/mol. The quantitative estimate of drug-likeness (QED) is 0.636. The molecule has 4 heteroatoms. The van der Waals surface area contributed by atoms with Crippen LogP contribution in [0.1, 0.15) is 42.5 Å².